The van der Waals surface area contributed by atoms with Crippen LogP contribution in [0.2, 0.25) is 0 Å². The maximum atomic E-state index is 10.7. The zero-order valence-corrected chi connectivity index (χ0v) is 22.6. The number of rotatable bonds is 8. The molecule has 0 saturated heterocycles. The van der Waals surface area contributed by atoms with Gasteiger partial charge in [-0.05, 0) is 70.7 Å². The van der Waals surface area contributed by atoms with Crippen LogP contribution < -0.4 is 15.2 Å². The van der Waals surface area contributed by atoms with Crippen molar-refractivity contribution in [1.82, 2.24) is 4.90 Å². The molecule has 0 radical (unpaired) electrons. The predicted octanol–water partition coefficient (Wildman–Crippen LogP) is 6.06. The van der Waals surface area contributed by atoms with Crippen molar-refractivity contribution < 1.29 is 9.84 Å². The van der Waals surface area contributed by atoms with Gasteiger partial charge in [-0.2, -0.15) is 0 Å². The normalized spacial score (nSPS) is 14.5. The zero-order chi connectivity index (χ0) is 25.7. The average Bonchev–Trinajstić information content (AvgIpc) is 3.05. The molecule has 1 atom stereocenters. The van der Waals surface area contributed by atoms with Crippen molar-refractivity contribution in [2.45, 2.75) is 71.5 Å². The molecule has 0 fully saturated rings. The van der Waals surface area contributed by atoms with E-state index in [0.29, 0.717) is 6.61 Å². The van der Waals surface area contributed by atoms with Crippen molar-refractivity contribution in [3.63, 3.8) is 0 Å². The van der Waals surface area contributed by atoms with E-state index in [0.717, 1.165) is 48.8 Å². The number of hydrogen-bond donors (Lipinski definition) is 1. The molecule has 3 aromatic rings. The lowest BCUT2D eigenvalue weighted by Crippen LogP contribution is -2.25. The van der Waals surface area contributed by atoms with Gasteiger partial charge in [0.15, 0.2) is 0 Å². The molecule has 1 aliphatic rings. The van der Waals surface area contributed by atoms with Gasteiger partial charge in [-0.3, -0.25) is 0 Å². The molecule has 0 amide bonds. The van der Waals surface area contributed by atoms with E-state index in [2.05, 4.69) is 112 Å². The second-order valence-corrected chi connectivity index (χ2v) is 11.0. The second-order valence-electron chi connectivity index (χ2n) is 11.0. The molecule has 0 aromatic heterocycles. The molecule has 0 saturated carbocycles. The summed E-state index contributed by atoms with van der Waals surface area (Å²) >= 11 is 0. The van der Waals surface area contributed by atoms with Gasteiger partial charge in [0.2, 0.25) is 0 Å². The van der Waals surface area contributed by atoms with Crippen molar-refractivity contribution in [3.8, 4) is 5.75 Å². The Labute approximate surface area is 216 Å². The van der Waals surface area contributed by atoms with Gasteiger partial charge < -0.3 is 14.7 Å². The van der Waals surface area contributed by atoms with Gasteiger partial charge in [-0.1, -0.05) is 88.4 Å². The minimum absolute atomic E-state index is 0.133. The number of unbranched alkanes of at least 4 members (excludes halogenated alkanes) is 1. The van der Waals surface area contributed by atoms with Gasteiger partial charge >= 0.3 is 0 Å². The van der Waals surface area contributed by atoms with E-state index in [9.17, 15) is 5.11 Å². The largest absolute Gasteiger partial charge is 0.488 e. The van der Waals surface area contributed by atoms with Gasteiger partial charge in [0, 0.05) is 24.5 Å². The van der Waals surface area contributed by atoms with E-state index < -0.39 is 6.10 Å². The minimum atomic E-state index is -0.402. The van der Waals surface area contributed by atoms with E-state index >= 15 is 0 Å². The Morgan fingerprint density at radius 3 is 2.47 bits per heavy atom. The highest BCUT2D eigenvalue weighted by Gasteiger charge is 2.15. The van der Waals surface area contributed by atoms with E-state index in [1.807, 2.05) is 0 Å². The highest BCUT2D eigenvalue weighted by molar-refractivity contribution is 5.58. The first-order valence-corrected chi connectivity index (χ1v) is 13.3. The van der Waals surface area contributed by atoms with Gasteiger partial charge in [0.05, 0.1) is 6.10 Å². The molecule has 1 heterocycles. The first-order valence-electron chi connectivity index (χ1n) is 13.3. The molecule has 0 aliphatic carbocycles. The molecule has 4 rings (SSSR count). The SMILES string of the molecule is CCC(=c1ccc2c(c1)OCc1ccccc1C=2)N(C)CCCCC(O)c1ccc(C(C)(C)C)cc1. The molecule has 3 nitrogen and oxygen atoms in total. The first kappa shape index (κ1) is 26.0. The number of hydrogen-bond acceptors (Lipinski definition) is 3. The number of ether oxygens (including phenoxy) is 1. The highest BCUT2D eigenvalue weighted by Crippen LogP contribution is 2.26. The minimum Gasteiger partial charge on any atom is -0.488 e. The fourth-order valence-electron chi connectivity index (χ4n) is 4.98. The molecule has 36 heavy (non-hydrogen) atoms. The fraction of sp³-hybridized carbons (Fsp3) is 0.394. The average molecular weight is 484 g/mol. The summed E-state index contributed by atoms with van der Waals surface area (Å²) in [4.78, 5) is 2.36. The van der Waals surface area contributed by atoms with Gasteiger partial charge in [-0.15, -0.1) is 0 Å². The molecule has 0 bridgehead atoms. The summed E-state index contributed by atoms with van der Waals surface area (Å²) < 4.78 is 6.19. The molecular weight excluding hydrogens is 442 g/mol. The monoisotopic (exact) mass is 483 g/mol. The van der Waals surface area contributed by atoms with E-state index in [1.165, 1.54) is 27.6 Å². The summed E-state index contributed by atoms with van der Waals surface area (Å²) in [5.74, 6) is 0.948. The second kappa shape index (κ2) is 11.3. The van der Waals surface area contributed by atoms with E-state index in [4.69, 9.17) is 4.74 Å². The van der Waals surface area contributed by atoms with Gasteiger partial charge in [0.25, 0.3) is 0 Å². The number of benzene rings is 3. The summed E-state index contributed by atoms with van der Waals surface area (Å²) in [6.45, 7) is 10.4. The quantitative estimate of drug-likeness (QED) is 0.395. The Bertz CT molecular complexity index is 1280. The standard InChI is InChI=1S/C33H41NO2/c1-6-30(26-14-15-27-21-25-11-7-8-12-28(25)23-36-32(27)22-26)34(5)20-10-9-13-31(35)24-16-18-29(19-17-24)33(2,3)4/h7-8,11-12,14-19,21-22,31,35H,6,9-10,13,20,23H2,1-5H3. The van der Waals surface area contributed by atoms with Crippen LogP contribution in [0.3, 0.4) is 0 Å². The molecule has 1 unspecified atom stereocenters. The Hall–Kier alpha value is -3.04. The number of aliphatic hydroxyl groups excluding tert-OH is 1. The maximum Gasteiger partial charge on any atom is 0.127 e. The Morgan fingerprint density at radius 2 is 1.75 bits per heavy atom. The number of aliphatic hydroxyl groups is 1. The van der Waals surface area contributed by atoms with Crippen molar-refractivity contribution in [3.05, 3.63) is 99.4 Å². The summed E-state index contributed by atoms with van der Waals surface area (Å²) in [7, 11) is 2.18. The third-order valence-corrected chi connectivity index (χ3v) is 7.27. The molecule has 1 aliphatic heterocycles. The highest BCUT2D eigenvalue weighted by atomic mass is 16.5. The van der Waals surface area contributed by atoms with Gasteiger partial charge in [0.1, 0.15) is 12.4 Å². The van der Waals surface area contributed by atoms with Crippen molar-refractivity contribution in [2.24, 2.45) is 0 Å². The maximum absolute atomic E-state index is 10.7. The molecule has 0 spiro atoms. The summed E-state index contributed by atoms with van der Waals surface area (Å²) in [6, 6.07) is 23.5. The Morgan fingerprint density at radius 1 is 1.00 bits per heavy atom. The predicted molar refractivity (Wildman–Crippen MR) is 150 cm³/mol. The van der Waals surface area contributed by atoms with Gasteiger partial charge in [-0.25, -0.2) is 0 Å². The third-order valence-electron chi connectivity index (χ3n) is 7.27. The molecule has 3 heteroatoms. The molecular formula is C33H41NO2. The van der Waals surface area contributed by atoms with Crippen LogP contribution in [0.25, 0.3) is 11.8 Å². The van der Waals surface area contributed by atoms with Crippen molar-refractivity contribution in [1.29, 1.82) is 0 Å². The zero-order valence-electron chi connectivity index (χ0n) is 22.6. The van der Waals surface area contributed by atoms with E-state index in [1.54, 1.807) is 0 Å². The van der Waals surface area contributed by atoms with Crippen LogP contribution in [0.15, 0.2) is 66.7 Å². The van der Waals surface area contributed by atoms with Crippen molar-refractivity contribution in [2.75, 3.05) is 13.6 Å². The smallest absolute Gasteiger partial charge is 0.127 e. The van der Waals surface area contributed by atoms with Crippen LogP contribution in [0.1, 0.15) is 81.7 Å². The van der Waals surface area contributed by atoms with Crippen LogP contribution >= 0.6 is 0 Å². The van der Waals surface area contributed by atoms with Crippen molar-refractivity contribution >= 4 is 11.8 Å². The molecule has 190 valence electrons. The Kier molecular flexibility index (Phi) is 8.21. The topological polar surface area (TPSA) is 32.7 Å². The van der Waals surface area contributed by atoms with Crippen LogP contribution in [0.4, 0.5) is 0 Å². The lowest BCUT2D eigenvalue weighted by molar-refractivity contribution is 0.162. The fourth-order valence-corrected chi connectivity index (χ4v) is 4.98. The third kappa shape index (κ3) is 6.20. The first-order chi connectivity index (χ1) is 17.3. The van der Waals surface area contributed by atoms with Crippen LogP contribution in [-0.4, -0.2) is 23.6 Å². The number of fused-ring (bicyclic) bond motifs is 2. The van der Waals surface area contributed by atoms with Crippen LogP contribution in [0, 0.1) is 0 Å². The Balaban J connectivity index is 1.38. The summed E-state index contributed by atoms with van der Waals surface area (Å²) in [5, 5.41) is 13.0. The lowest BCUT2D eigenvalue weighted by atomic mass is 9.86. The van der Waals surface area contributed by atoms with Crippen LogP contribution in [-0.2, 0) is 12.0 Å². The molecule has 1 N–H and O–H groups in total. The molecule has 3 aromatic carbocycles. The van der Waals surface area contributed by atoms with Crippen LogP contribution in [0.5, 0.6) is 5.75 Å². The lowest BCUT2D eigenvalue weighted by Gasteiger charge is -2.23. The summed E-state index contributed by atoms with van der Waals surface area (Å²) in [5.41, 5.74) is 6.22. The summed E-state index contributed by atoms with van der Waals surface area (Å²) in [6.07, 6.45) is 5.60. The van der Waals surface area contributed by atoms with E-state index in [-0.39, 0.29) is 5.41 Å². The number of nitrogens with zero attached hydrogens (tertiary/aromatic N) is 1.